The molecule has 6 heteroatoms. The van der Waals surface area contributed by atoms with Crippen molar-refractivity contribution in [3.05, 3.63) is 63.2 Å². The number of carbonyl (C=O) groups excluding carboxylic acids is 1. The normalized spacial score (nSPS) is 13.7. The number of aryl methyl sites for hydroxylation is 2. The fourth-order valence-corrected chi connectivity index (χ4v) is 3.60. The molecule has 0 saturated heterocycles. The lowest BCUT2D eigenvalue weighted by Crippen LogP contribution is -2.24. The molecule has 0 aromatic carbocycles. The first-order valence-electron chi connectivity index (χ1n) is 8.92. The van der Waals surface area contributed by atoms with E-state index in [0.717, 1.165) is 46.2 Å². The SMILES string of the molecule is COC(=O)c1cc(C2CC2)c2c(C)c(-c3cnc(N)c(C)c3)ccn2c1=O. The van der Waals surface area contributed by atoms with Crippen molar-refractivity contribution in [3.63, 3.8) is 0 Å². The first-order valence-corrected chi connectivity index (χ1v) is 8.92. The third-order valence-corrected chi connectivity index (χ3v) is 5.27. The van der Waals surface area contributed by atoms with Crippen LogP contribution in [-0.2, 0) is 4.74 Å². The molecule has 4 rings (SSSR count). The number of pyridine rings is 3. The highest BCUT2D eigenvalue weighted by atomic mass is 16.5. The van der Waals surface area contributed by atoms with E-state index in [1.807, 2.05) is 26.0 Å². The zero-order valence-electron chi connectivity index (χ0n) is 15.6. The summed E-state index contributed by atoms with van der Waals surface area (Å²) >= 11 is 0. The lowest BCUT2D eigenvalue weighted by molar-refractivity contribution is 0.0598. The molecule has 6 nitrogen and oxygen atoms in total. The van der Waals surface area contributed by atoms with Crippen LogP contribution < -0.4 is 11.3 Å². The number of carbonyl (C=O) groups is 1. The Hall–Kier alpha value is -3.15. The predicted octanol–water partition coefficient (Wildman–Crippen LogP) is 3.22. The number of nitrogens with zero attached hydrogens (tertiary/aromatic N) is 2. The van der Waals surface area contributed by atoms with E-state index in [9.17, 15) is 9.59 Å². The van der Waals surface area contributed by atoms with Gasteiger partial charge in [0, 0.05) is 18.0 Å². The van der Waals surface area contributed by atoms with Gasteiger partial charge in [0.25, 0.3) is 5.56 Å². The third kappa shape index (κ3) is 2.77. The molecule has 1 aliphatic carbocycles. The minimum absolute atomic E-state index is 0.0778. The van der Waals surface area contributed by atoms with Crippen LogP contribution in [0.5, 0.6) is 0 Å². The average Bonchev–Trinajstić information content (AvgIpc) is 3.49. The van der Waals surface area contributed by atoms with E-state index >= 15 is 0 Å². The van der Waals surface area contributed by atoms with Crippen molar-refractivity contribution in [3.8, 4) is 11.1 Å². The molecule has 1 saturated carbocycles. The minimum atomic E-state index is -0.601. The Kier molecular flexibility index (Phi) is 3.98. The summed E-state index contributed by atoms with van der Waals surface area (Å²) in [6, 6.07) is 5.59. The molecule has 0 radical (unpaired) electrons. The van der Waals surface area contributed by atoms with Gasteiger partial charge in [-0.2, -0.15) is 0 Å². The van der Waals surface area contributed by atoms with E-state index in [4.69, 9.17) is 10.5 Å². The predicted molar refractivity (Wildman–Crippen MR) is 104 cm³/mol. The van der Waals surface area contributed by atoms with Gasteiger partial charge in [0.1, 0.15) is 11.4 Å². The number of hydrogen-bond donors (Lipinski definition) is 1. The Morgan fingerprint density at radius 2 is 2.04 bits per heavy atom. The standard InChI is InChI=1S/C21H21N3O3/c1-11-8-14(10-23-19(11)22)15-6-7-24-18(12(15)2)16(13-4-5-13)9-17(20(24)25)21(26)27-3/h6-10,13H,4-5H2,1-3H3,(H2,22,23). The van der Waals surface area contributed by atoms with Crippen LogP contribution in [0.25, 0.3) is 16.6 Å². The second-order valence-corrected chi connectivity index (χ2v) is 7.08. The van der Waals surface area contributed by atoms with Crippen LogP contribution >= 0.6 is 0 Å². The van der Waals surface area contributed by atoms with Gasteiger partial charge >= 0.3 is 5.97 Å². The molecule has 3 aromatic rings. The van der Waals surface area contributed by atoms with Crippen molar-refractivity contribution in [1.29, 1.82) is 0 Å². The fourth-order valence-electron chi connectivity index (χ4n) is 3.60. The average molecular weight is 363 g/mol. The molecule has 2 N–H and O–H groups in total. The highest BCUT2D eigenvalue weighted by Gasteiger charge is 2.29. The zero-order chi connectivity index (χ0) is 19.3. The number of anilines is 1. The van der Waals surface area contributed by atoms with E-state index in [0.29, 0.717) is 11.7 Å². The maximum absolute atomic E-state index is 12.9. The lowest BCUT2D eigenvalue weighted by Gasteiger charge is -2.16. The molecule has 0 bridgehead atoms. The molecular weight excluding hydrogens is 342 g/mol. The lowest BCUT2D eigenvalue weighted by atomic mass is 9.97. The number of fused-ring (bicyclic) bond motifs is 1. The summed E-state index contributed by atoms with van der Waals surface area (Å²) in [5.41, 5.74) is 11.3. The Morgan fingerprint density at radius 3 is 2.67 bits per heavy atom. The van der Waals surface area contributed by atoms with E-state index in [-0.39, 0.29) is 11.1 Å². The maximum Gasteiger partial charge on any atom is 0.343 e. The zero-order valence-corrected chi connectivity index (χ0v) is 15.6. The van der Waals surface area contributed by atoms with Crippen LogP contribution in [-0.4, -0.2) is 22.5 Å². The van der Waals surface area contributed by atoms with Gasteiger partial charge in [0.05, 0.1) is 12.6 Å². The van der Waals surface area contributed by atoms with Gasteiger partial charge in [-0.3, -0.25) is 9.20 Å². The van der Waals surface area contributed by atoms with Crippen molar-refractivity contribution >= 4 is 17.3 Å². The molecule has 0 atom stereocenters. The highest BCUT2D eigenvalue weighted by molar-refractivity contribution is 5.90. The van der Waals surface area contributed by atoms with Crippen LogP contribution in [0.15, 0.2) is 35.4 Å². The second kappa shape index (κ2) is 6.23. The number of nitrogen functional groups attached to an aromatic ring is 1. The third-order valence-electron chi connectivity index (χ3n) is 5.27. The quantitative estimate of drug-likeness (QED) is 0.722. The Balaban J connectivity index is 2.02. The van der Waals surface area contributed by atoms with Gasteiger partial charge < -0.3 is 10.5 Å². The van der Waals surface area contributed by atoms with Crippen LogP contribution in [0.2, 0.25) is 0 Å². The molecule has 0 spiro atoms. The monoisotopic (exact) mass is 363 g/mol. The van der Waals surface area contributed by atoms with Crippen molar-refractivity contribution in [2.45, 2.75) is 32.6 Å². The van der Waals surface area contributed by atoms with Crippen molar-refractivity contribution in [2.24, 2.45) is 0 Å². The number of hydrogen-bond acceptors (Lipinski definition) is 5. The van der Waals surface area contributed by atoms with Crippen LogP contribution in [0.3, 0.4) is 0 Å². The summed E-state index contributed by atoms with van der Waals surface area (Å²) in [6.45, 7) is 3.92. The number of methoxy groups -OCH3 is 1. The summed E-state index contributed by atoms with van der Waals surface area (Å²) in [6.07, 6.45) is 5.59. The van der Waals surface area contributed by atoms with Gasteiger partial charge in [0.15, 0.2) is 0 Å². The second-order valence-electron chi connectivity index (χ2n) is 7.08. The number of ether oxygens (including phenoxy) is 1. The van der Waals surface area contributed by atoms with Crippen LogP contribution in [0.4, 0.5) is 5.82 Å². The fraction of sp³-hybridized carbons (Fsp3) is 0.286. The van der Waals surface area contributed by atoms with Crippen LogP contribution in [0, 0.1) is 13.8 Å². The molecular formula is C21H21N3O3. The summed E-state index contributed by atoms with van der Waals surface area (Å²) in [5, 5.41) is 0. The van der Waals surface area contributed by atoms with Crippen LogP contribution in [0.1, 0.15) is 45.8 Å². The highest BCUT2D eigenvalue weighted by Crippen LogP contribution is 2.43. The van der Waals surface area contributed by atoms with E-state index in [1.54, 1.807) is 22.9 Å². The van der Waals surface area contributed by atoms with Crippen molar-refractivity contribution in [1.82, 2.24) is 9.38 Å². The molecule has 0 amide bonds. The first kappa shape index (κ1) is 17.3. The largest absolute Gasteiger partial charge is 0.465 e. The topological polar surface area (TPSA) is 86.7 Å². The summed E-state index contributed by atoms with van der Waals surface area (Å²) in [5.74, 6) is 0.274. The minimum Gasteiger partial charge on any atom is -0.465 e. The molecule has 3 aromatic heterocycles. The molecule has 138 valence electrons. The molecule has 3 heterocycles. The van der Waals surface area contributed by atoms with Gasteiger partial charge in [-0.1, -0.05) is 0 Å². The van der Waals surface area contributed by atoms with E-state index < -0.39 is 5.97 Å². The van der Waals surface area contributed by atoms with Gasteiger partial charge in [-0.05, 0) is 73.1 Å². The summed E-state index contributed by atoms with van der Waals surface area (Å²) in [4.78, 5) is 29.2. The maximum atomic E-state index is 12.9. The Morgan fingerprint density at radius 1 is 1.30 bits per heavy atom. The smallest absolute Gasteiger partial charge is 0.343 e. The first-order chi connectivity index (χ1) is 12.9. The van der Waals surface area contributed by atoms with Crippen molar-refractivity contribution < 1.29 is 9.53 Å². The summed E-state index contributed by atoms with van der Waals surface area (Å²) < 4.78 is 6.36. The molecule has 0 aliphatic heterocycles. The van der Waals surface area contributed by atoms with Crippen molar-refractivity contribution in [2.75, 3.05) is 12.8 Å². The van der Waals surface area contributed by atoms with Gasteiger partial charge in [-0.25, -0.2) is 9.78 Å². The Labute approximate surface area is 156 Å². The Bertz CT molecular complexity index is 1140. The number of nitrogens with two attached hydrogens (primary N) is 1. The summed E-state index contributed by atoms with van der Waals surface area (Å²) in [7, 11) is 1.29. The molecule has 1 fully saturated rings. The number of esters is 1. The van der Waals surface area contributed by atoms with Gasteiger partial charge in [-0.15, -0.1) is 0 Å². The number of aromatic nitrogens is 2. The number of rotatable bonds is 3. The van der Waals surface area contributed by atoms with E-state index in [1.165, 1.54) is 7.11 Å². The molecule has 0 unspecified atom stereocenters. The van der Waals surface area contributed by atoms with Gasteiger partial charge in [0.2, 0.25) is 0 Å². The van der Waals surface area contributed by atoms with E-state index in [2.05, 4.69) is 4.98 Å². The molecule has 27 heavy (non-hydrogen) atoms. The molecule has 1 aliphatic rings.